The minimum Gasteiger partial charge on any atom is -0.478 e. The van der Waals surface area contributed by atoms with Gasteiger partial charge < -0.3 is 10.4 Å². The van der Waals surface area contributed by atoms with Gasteiger partial charge in [0.2, 0.25) is 0 Å². The number of aliphatic carboxylic acids is 1. The Labute approximate surface area is 71.8 Å². The molecule has 1 aliphatic rings. The Balaban J connectivity index is 2.98. The molecule has 0 aliphatic carbocycles. The molecule has 1 aliphatic heterocycles. The fourth-order valence-corrected chi connectivity index (χ4v) is 1.24. The number of rotatable bonds is 2. The fourth-order valence-electron chi connectivity index (χ4n) is 1.24. The van der Waals surface area contributed by atoms with E-state index in [1.807, 2.05) is 13.8 Å². The third kappa shape index (κ3) is 1.35. The molecule has 0 amide bonds. The lowest BCUT2D eigenvalue weighted by Gasteiger charge is -2.31. The van der Waals surface area contributed by atoms with Crippen molar-refractivity contribution in [3.8, 4) is 0 Å². The summed E-state index contributed by atoms with van der Waals surface area (Å²) in [6.07, 6.45) is 5.88. The predicted molar refractivity (Wildman–Crippen MR) is 46.7 cm³/mol. The van der Waals surface area contributed by atoms with E-state index in [1.165, 1.54) is 0 Å². The molecule has 0 saturated carbocycles. The molecule has 0 aromatic carbocycles. The minimum absolute atomic E-state index is 0.416. The summed E-state index contributed by atoms with van der Waals surface area (Å²) in [5.74, 6) is -0.851. The maximum atomic E-state index is 10.8. The molecule has 0 aromatic heterocycles. The molecule has 1 heterocycles. The number of hydrogen-bond donors (Lipinski definition) is 2. The quantitative estimate of drug-likeness (QED) is 0.651. The van der Waals surface area contributed by atoms with Crippen LogP contribution in [-0.2, 0) is 4.79 Å². The molecule has 0 spiro atoms. The summed E-state index contributed by atoms with van der Waals surface area (Å²) in [6.45, 7) is 3.85. The molecule has 0 fully saturated rings. The van der Waals surface area contributed by atoms with Crippen molar-refractivity contribution in [2.45, 2.75) is 25.8 Å². The highest BCUT2D eigenvalue weighted by Crippen LogP contribution is 2.23. The predicted octanol–water partition coefficient (Wildman–Crippen LogP) is 1.28. The second kappa shape index (κ2) is 3.01. The number of nitrogens with one attached hydrogen (secondary N) is 1. The van der Waals surface area contributed by atoms with Crippen molar-refractivity contribution >= 4 is 5.97 Å². The van der Waals surface area contributed by atoms with Crippen LogP contribution in [-0.4, -0.2) is 16.6 Å². The first-order chi connectivity index (χ1) is 5.60. The van der Waals surface area contributed by atoms with Crippen molar-refractivity contribution in [2.75, 3.05) is 0 Å². The molecule has 1 rings (SSSR count). The molecule has 0 aromatic rings. The zero-order chi connectivity index (χ0) is 9.19. The van der Waals surface area contributed by atoms with Gasteiger partial charge in [0.15, 0.2) is 0 Å². The zero-order valence-electron chi connectivity index (χ0n) is 7.29. The number of hydrogen-bond acceptors (Lipinski definition) is 2. The normalized spacial score (nSPS) is 27.7. The van der Waals surface area contributed by atoms with Gasteiger partial charge in [-0.05, 0) is 31.7 Å². The summed E-state index contributed by atoms with van der Waals surface area (Å²) >= 11 is 0. The summed E-state index contributed by atoms with van der Waals surface area (Å²) in [7, 11) is 0. The van der Waals surface area contributed by atoms with Gasteiger partial charge in [-0.15, -0.1) is 0 Å². The lowest BCUT2D eigenvalue weighted by atomic mass is 9.87. The van der Waals surface area contributed by atoms with Gasteiger partial charge in [0, 0.05) is 0 Å². The van der Waals surface area contributed by atoms with Gasteiger partial charge >= 0.3 is 5.97 Å². The summed E-state index contributed by atoms with van der Waals surface area (Å²) in [4.78, 5) is 10.8. The van der Waals surface area contributed by atoms with Gasteiger partial charge in [0.1, 0.15) is 0 Å². The van der Waals surface area contributed by atoms with E-state index < -0.39 is 11.5 Å². The summed E-state index contributed by atoms with van der Waals surface area (Å²) in [5, 5.41) is 11.9. The molecule has 1 atom stereocenters. The van der Waals surface area contributed by atoms with E-state index in [0.717, 1.165) is 6.42 Å². The number of dihydropyridines is 1. The van der Waals surface area contributed by atoms with E-state index >= 15 is 0 Å². The summed E-state index contributed by atoms with van der Waals surface area (Å²) < 4.78 is 0. The number of carboxylic acid groups (broad SMARTS) is 1. The molecular weight excluding hydrogens is 154 g/mol. The lowest BCUT2D eigenvalue weighted by molar-refractivity contribution is -0.133. The highest BCUT2D eigenvalue weighted by atomic mass is 16.4. The highest BCUT2D eigenvalue weighted by molar-refractivity contribution is 5.90. The fraction of sp³-hybridized carbons (Fsp3) is 0.444. The molecule has 0 saturated heterocycles. The topological polar surface area (TPSA) is 49.3 Å². The maximum absolute atomic E-state index is 10.8. The number of carbonyl (C=O) groups is 1. The zero-order valence-corrected chi connectivity index (χ0v) is 7.29. The van der Waals surface area contributed by atoms with Crippen LogP contribution in [0.5, 0.6) is 0 Å². The molecule has 2 N–H and O–H groups in total. The van der Waals surface area contributed by atoms with Crippen LogP contribution in [0.4, 0.5) is 0 Å². The Hall–Kier alpha value is -1.25. The Morgan fingerprint density at radius 1 is 1.75 bits per heavy atom. The Bertz CT molecular complexity index is 255. The summed E-state index contributed by atoms with van der Waals surface area (Å²) in [5.41, 5.74) is 0.00752. The lowest BCUT2D eigenvalue weighted by Crippen LogP contribution is -2.44. The second-order valence-corrected chi connectivity index (χ2v) is 3.07. The third-order valence-electron chi connectivity index (χ3n) is 2.29. The van der Waals surface area contributed by atoms with Crippen LogP contribution in [0.15, 0.2) is 23.9 Å². The van der Waals surface area contributed by atoms with Gasteiger partial charge in [-0.3, -0.25) is 0 Å². The van der Waals surface area contributed by atoms with Crippen LogP contribution < -0.4 is 5.32 Å². The first-order valence-electron chi connectivity index (χ1n) is 3.98. The average molecular weight is 167 g/mol. The molecule has 0 radical (unpaired) electrons. The van der Waals surface area contributed by atoms with E-state index in [0.29, 0.717) is 5.57 Å². The van der Waals surface area contributed by atoms with Gasteiger partial charge in [0.05, 0.1) is 11.1 Å². The van der Waals surface area contributed by atoms with Crippen LogP contribution >= 0.6 is 0 Å². The van der Waals surface area contributed by atoms with E-state index in [1.54, 1.807) is 18.4 Å². The van der Waals surface area contributed by atoms with Crippen LogP contribution in [0.2, 0.25) is 0 Å². The maximum Gasteiger partial charge on any atom is 0.333 e. The third-order valence-corrected chi connectivity index (χ3v) is 2.29. The molecule has 0 bridgehead atoms. The number of carboxylic acids is 1. The van der Waals surface area contributed by atoms with Crippen LogP contribution in [0.25, 0.3) is 0 Å². The minimum atomic E-state index is -0.851. The van der Waals surface area contributed by atoms with Crippen molar-refractivity contribution < 1.29 is 9.90 Å². The van der Waals surface area contributed by atoms with Gasteiger partial charge in [-0.2, -0.15) is 0 Å². The molecular formula is C9H13NO2. The molecule has 12 heavy (non-hydrogen) atoms. The van der Waals surface area contributed by atoms with Crippen molar-refractivity contribution in [2.24, 2.45) is 0 Å². The van der Waals surface area contributed by atoms with E-state index in [-0.39, 0.29) is 0 Å². The van der Waals surface area contributed by atoms with Crippen LogP contribution in [0.3, 0.4) is 0 Å². The molecule has 1 unspecified atom stereocenters. The first kappa shape index (κ1) is 8.84. The van der Waals surface area contributed by atoms with E-state index in [4.69, 9.17) is 5.11 Å². The molecule has 3 nitrogen and oxygen atoms in total. The van der Waals surface area contributed by atoms with Gasteiger partial charge in [0.25, 0.3) is 0 Å². The Morgan fingerprint density at radius 2 is 2.42 bits per heavy atom. The Morgan fingerprint density at radius 3 is 2.83 bits per heavy atom. The standard InChI is InChI=1S/C9H13NO2/c1-3-9(2)7(8(11)12)5-4-6-10-9/h4-6,10H,3H2,1-2H3,(H,11,12). The highest BCUT2D eigenvalue weighted by Gasteiger charge is 2.31. The van der Waals surface area contributed by atoms with Crippen molar-refractivity contribution in [3.05, 3.63) is 23.9 Å². The second-order valence-electron chi connectivity index (χ2n) is 3.07. The van der Waals surface area contributed by atoms with Crippen molar-refractivity contribution in [1.29, 1.82) is 0 Å². The largest absolute Gasteiger partial charge is 0.478 e. The smallest absolute Gasteiger partial charge is 0.333 e. The molecule has 66 valence electrons. The van der Waals surface area contributed by atoms with E-state index in [2.05, 4.69) is 5.32 Å². The SMILES string of the molecule is CCC1(C)NC=CC=C1C(=O)O. The van der Waals surface area contributed by atoms with E-state index in [9.17, 15) is 4.79 Å². The summed E-state index contributed by atoms with van der Waals surface area (Å²) in [6, 6.07) is 0. The van der Waals surface area contributed by atoms with Gasteiger partial charge in [-0.25, -0.2) is 4.79 Å². The first-order valence-corrected chi connectivity index (χ1v) is 3.98. The van der Waals surface area contributed by atoms with Gasteiger partial charge in [-0.1, -0.05) is 6.92 Å². The van der Waals surface area contributed by atoms with Crippen LogP contribution in [0.1, 0.15) is 20.3 Å². The Kier molecular flexibility index (Phi) is 2.22. The van der Waals surface area contributed by atoms with Crippen molar-refractivity contribution in [1.82, 2.24) is 5.32 Å². The molecule has 3 heteroatoms. The van der Waals surface area contributed by atoms with Crippen LogP contribution in [0, 0.1) is 0 Å². The average Bonchev–Trinajstić information content (AvgIpc) is 2.05. The van der Waals surface area contributed by atoms with Crippen molar-refractivity contribution in [3.63, 3.8) is 0 Å². The number of allylic oxidation sites excluding steroid dienone is 2. The monoisotopic (exact) mass is 167 g/mol.